The van der Waals surface area contributed by atoms with Crippen molar-refractivity contribution in [3.63, 3.8) is 0 Å². The van der Waals surface area contributed by atoms with Crippen molar-refractivity contribution < 1.29 is 9.84 Å². The lowest BCUT2D eigenvalue weighted by molar-refractivity contribution is -0.0341. The molecule has 0 atom stereocenters. The van der Waals surface area contributed by atoms with Crippen molar-refractivity contribution in [3.05, 3.63) is 23.5 Å². The van der Waals surface area contributed by atoms with Crippen molar-refractivity contribution in [1.29, 1.82) is 0 Å². The van der Waals surface area contributed by atoms with E-state index in [4.69, 9.17) is 4.74 Å². The molecule has 0 amide bonds. The molecule has 0 bridgehead atoms. The normalized spacial score (nSPS) is 18.6. The summed E-state index contributed by atoms with van der Waals surface area (Å²) in [7, 11) is 0. The number of aryl methyl sites for hydroxylation is 2. The van der Waals surface area contributed by atoms with Crippen LogP contribution in [0.2, 0.25) is 0 Å². The van der Waals surface area contributed by atoms with E-state index in [0.29, 0.717) is 6.61 Å². The number of aromatic nitrogens is 1. The molecule has 1 aliphatic carbocycles. The summed E-state index contributed by atoms with van der Waals surface area (Å²) in [6.45, 7) is 4.45. The van der Waals surface area contributed by atoms with Gasteiger partial charge in [-0.05, 0) is 38.3 Å². The lowest BCUT2D eigenvalue weighted by atomic mass is 9.85. The van der Waals surface area contributed by atoms with E-state index in [9.17, 15) is 5.11 Å². The molecule has 18 heavy (non-hydrogen) atoms. The van der Waals surface area contributed by atoms with Gasteiger partial charge in [0.05, 0.1) is 11.3 Å². The second kappa shape index (κ2) is 5.70. The van der Waals surface area contributed by atoms with Crippen molar-refractivity contribution >= 4 is 0 Å². The highest BCUT2D eigenvalue weighted by Crippen LogP contribution is 2.29. The van der Waals surface area contributed by atoms with Crippen molar-refractivity contribution in [2.24, 2.45) is 0 Å². The molecule has 0 radical (unpaired) electrons. The van der Waals surface area contributed by atoms with E-state index in [2.05, 4.69) is 11.9 Å². The third-order valence-electron chi connectivity index (χ3n) is 3.69. The molecule has 1 aliphatic rings. The van der Waals surface area contributed by atoms with Crippen LogP contribution >= 0.6 is 0 Å². The zero-order valence-corrected chi connectivity index (χ0v) is 11.4. The van der Waals surface area contributed by atoms with Crippen LogP contribution in [0.25, 0.3) is 0 Å². The Morgan fingerprint density at radius 1 is 1.28 bits per heavy atom. The van der Waals surface area contributed by atoms with Crippen LogP contribution in [-0.2, 0) is 6.42 Å². The van der Waals surface area contributed by atoms with E-state index >= 15 is 0 Å². The van der Waals surface area contributed by atoms with Gasteiger partial charge >= 0.3 is 0 Å². The van der Waals surface area contributed by atoms with Crippen molar-refractivity contribution in [1.82, 2.24) is 4.98 Å². The lowest BCUT2D eigenvalue weighted by Gasteiger charge is -2.31. The number of nitrogens with zero attached hydrogens (tertiary/aromatic N) is 1. The van der Waals surface area contributed by atoms with E-state index in [1.807, 2.05) is 19.1 Å². The first kappa shape index (κ1) is 13.3. The Balaban J connectivity index is 2.01. The molecule has 100 valence electrons. The number of ether oxygens (including phenoxy) is 1. The highest BCUT2D eigenvalue weighted by Gasteiger charge is 2.30. The van der Waals surface area contributed by atoms with E-state index in [-0.39, 0.29) is 0 Å². The van der Waals surface area contributed by atoms with Gasteiger partial charge in [-0.3, -0.25) is 4.98 Å². The summed E-state index contributed by atoms with van der Waals surface area (Å²) in [4.78, 5) is 4.47. The summed E-state index contributed by atoms with van der Waals surface area (Å²) >= 11 is 0. The Morgan fingerprint density at radius 2 is 2.00 bits per heavy atom. The van der Waals surface area contributed by atoms with Crippen molar-refractivity contribution in [2.45, 2.75) is 58.0 Å². The van der Waals surface area contributed by atoms with Gasteiger partial charge in [0.2, 0.25) is 0 Å². The molecule has 0 spiro atoms. The molecule has 1 aromatic rings. The Hall–Kier alpha value is -1.09. The van der Waals surface area contributed by atoms with E-state index in [0.717, 1.165) is 49.2 Å². The zero-order valence-electron chi connectivity index (χ0n) is 11.4. The minimum Gasteiger partial charge on any atom is -0.489 e. The van der Waals surface area contributed by atoms with Crippen LogP contribution in [0.15, 0.2) is 12.1 Å². The topological polar surface area (TPSA) is 42.4 Å². The lowest BCUT2D eigenvalue weighted by Crippen LogP contribution is -2.38. The largest absolute Gasteiger partial charge is 0.489 e. The molecular weight excluding hydrogens is 226 g/mol. The molecule has 1 aromatic heterocycles. The summed E-state index contributed by atoms with van der Waals surface area (Å²) in [5, 5.41) is 10.4. The molecule has 3 heteroatoms. The van der Waals surface area contributed by atoms with Crippen molar-refractivity contribution in [3.8, 4) is 5.75 Å². The fraction of sp³-hybridized carbons (Fsp3) is 0.667. The Labute approximate surface area is 109 Å². The second-order valence-electron chi connectivity index (χ2n) is 5.32. The van der Waals surface area contributed by atoms with Crippen molar-refractivity contribution in [2.75, 3.05) is 6.61 Å². The average Bonchev–Trinajstić information content (AvgIpc) is 2.38. The summed E-state index contributed by atoms with van der Waals surface area (Å²) in [6, 6.07) is 3.92. The van der Waals surface area contributed by atoms with Gasteiger partial charge in [-0.2, -0.15) is 0 Å². The molecule has 3 nitrogen and oxygen atoms in total. The summed E-state index contributed by atoms with van der Waals surface area (Å²) in [5.74, 6) is 0.821. The van der Waals surface area contributed by atoms with Crippen LogP contribution in [0, 0.1) is 6.92 Å². The Morgan fingerprint density at radius 3 is 2.67 bits per heavy atom. The molecule has 0 aliphatic heterocycles. The molecule has 1 heterocycles. The van der Waals surface area contributed by atoms with E-state index in [1.165, 1.54) is 6.42 Å². The fourth-order valence-electron chi connectivity index (χ4n) is 2.55. The van der Waals surface area contributed by atoms with Crippen LogP contribution in [0.5, 0.6) is 5.75 Å². The maximum Gasteiger partial charge on any atom is 0.140 e. The molecule has 1 saturated carbocycles. The minimum absolute atomic E-state index is 0.394. The first-order valence-electron chi connectivity index (χ1n) is 6.95. The number of aliphatic hydroxyl groups is 1. The zero-order chi connectivity index (χ0) is 13.0. The van der Waals surface area contributed by atoms with Gasteiger partial charge in [-0.25, -0.2) is 0 Å². The molecule has 2 rings (SSSR count). The van der Waals surface area contributed by atoms with Gasteiger partial charge in [0.15, 0.2) is 0 Å². The summed E-state index contributed by atoms with van der Waals surface area (Å²) in [5.41, 5.74) is 1.36. The molecule has 0 saturated heterocycles. The SMILES string of the molecule is CCc1nc(C)ccc1OCC1(O)CCCCC1. The second-order valence-corrected chi connectivity index (χ2v) is 5.32. The molecule has 0 aromatic carbocycles. The molecule has 1 N–H and O–H groups in total. The number of hydrogen-bond acceptors (Lipinski definition) is 3. The number of pyridine rings is 1. The van der Waals surface area contributed by atoms with Gasteiger partial charge in [0.1, 0.15) is 12.4 Å². The Bertz CT molecular complexity index is 397. The van der Waals surface area contributed by atoms with E-state index in [1.54, 1.807) is 0 Å². The first-order valence-corrected chi connectivity index (χ1v) is 6.95. The summed E-state index contributed by atoms with van der Waals surface area (Å²) < 4.78 is 5.81. The standard InChI is InChI=1S/C15H23NO2/c1-3-13-14(8-7-12(2)16-13)18-11-15(17)9-5-4-6-10-15/h7-8,17H,3-6,9-11H2,1-2H3. The maximum absolute atomic E-state index is 10.4. The van der Waals surface area contributed by atoms with Crippen LogP contribution < -0.4 is 4.74 Å². The van der Waals surface area contributed by atoms with Crippen LogP contribution in [0.1, 0.15) is 50.4 Å². The third-order valence-corrected chi connectivity index (χ3v) is 3.69. The van der Waals surface area contributed by atoms with E-state index < -0.39 is 5.60 Å². The first-order chi connectivity index (χ1) is 8.63. The Kier molecular flexibility index (Phi) is 4.23. The molecule has 0 unspecified atom stereocenters. The monoisotopic (exact) mass is 249 g/mol. The summed E-state index contributed by atoms with van der Waals surface area (Å²) in [6.07, 6.45) is 6.00. The average molecular weight is 249 g/mol. The third kappa shape index (κ3) is 3.22. The highest BCUT2D eigenvalue weighted by atomic mass is 16.5. The van der Waals surface area contributed by atoms with Crippen LogP contribution in [-0.4, -0.2) is 22.3 Å². The number of rotatable bonds is 4. The van der Waals surface area contributed by atoms with Gasteiger partial charge < -0.3 is 9.84 Å². The smallest absolute Gasteiger partial charge is 0.140 e. The van der Waals surface area contributed by atoms with Gasteiger partial charge in [-0.15, -0.1) is 0 Å². The molecule has 1 fully saturated rings. The fourth-order valence-corrected chi connectivity index (χ4v) is 2.55. The van der Waals surface area contributed by atoms with Crippen LogP contribution in [0.3, 0.4) is 0 Å². The molecular formula is C15H23NO2. The maximum atomic E-state index is 10.4. The minimum atomic E-state index is -0.631. The quantitative estimate of drug-likeness (QED) is 0.892. The van der Waals surface area contributed by atoms with Gasteiger partial charge in [0.25, 0.3) is 0 Å². The highest BCUT2D eigenvalue weighted by molar-refractivity contribution is 5.29. The predicted molar refractivity (Wildman–Crippen MR) is 71.9 cm³/mol. The number of hydrogen-bond donors (Lipinski definition) is 1. The van der Waals surface area contributed by atoms with Gasteiger partial charge in [-0.1, -0.05) is 26.2 Å². The predicted octanol–water partition coefficient (Wildman–Crippen LogP) is 3.03. The van der Waals surface area contributed by atoms with Crippen LogP contribution in [0.4, 0.5) is 0 Å². The van der Waals surface area contributed by atoms with Gasteiger partial charge in [0, 0.05) is 5.69 Å².